The zero-order valence-corrected chi connectivity index (χ0v) is 14.7. The first-order valence-electron chi connectivity index (χ1n) is 7.46. The summed E-state index contributed by atoms with van der Waals surface area (Å²) in [5.74, 6) is -1.19. The van der Waals surface area contributed by atoms with Crippen LogP contribution in [0.1, 0.15) is 18.5 Å². The zero-order valence-electron chi connectivity index (χ0n) is 13.1. The number of benzene rings is 1. The highest BCUT2D eigenvalue weighted by molar-refractivity contribution is 9.10. The van der Waals surface area contributed by atoms with E-state index in [1.54, 1.807) is 25.1 Å². The molecule has 0 spiro atoms. The number of ether oxygens (including phenoxy) is 1. The Morgan fingerprint density at radius 3 is 2.88 bits per heavy atom. The van der Waals surface area contributed by atoms with Crippen molar-refractivity contribution in [2.45, 2.75) is 13.0 Å². The average molecular weight is 406 g/mol. The lowest BCUT2D eigenvalue weighted by molar-refractivity contribution is -0.145. The quantitative estimate of drug-likeness (QED) is 0.492. The van der Waals surface area contributed by atoms with Gasteiger partial charge in [-0.25, -0.2) is 19.2 Å². The second-order valence-corrected chi connectivity index (χ2v) is 5.98. The molecule has 0 aliphatic rings. The highest BCUT2D eigenvalue weighted by atomic mass is 79.9. The maximum Gasteiger partial charge on any atom is 0.333 e. The summed E-state index contributed by atoms with van der Waals surface area (Å²) in [6.45, 7) is 1.78. The number of hydrogen-bond donors (Lipinski definition) is 0. The van der Waals surface area contributed by atoms with Gasteiger partial charge in [-0.15, -0.1) is 0 Å². The molecule has 0 radical (unpaired) electrons. The van der Waals surface area contributed by atoms with Crippen molar-refractivity contribution in [3.63, 3.8) is 0 Å². The smallest absolute Gasteiger partial charge is 0.333 e. The van der Waals surface area contributed by atoms with Gasteiger partial charge in [-0.05, 0) is 52.7 Å². The van der Waals surface area contributed by atoms with E-state index in [4.69, 9.17) is 4.74 Å². The van der Waals surface area contributed by atoms with Crippen LogP contribution < -0.4 is 5.56 Å². The van der Waals surface area contributed by atoms with Crippen LogP contribution in [0.3, 0.4) is 0 Å². The fraction of sp³-hybridized carbons (Fsp3) is 0.176. The fourth-order valence-corrected chi connectivity index (χ4v) is 2.79. The molecule has 0 N–H and O–H groups in total. The van der Waals surface area contributed by atoms with Crippen LogP contribution >= 0.6 is 15.9 Å². The molecule has 25 heavy (non-hydrogen) atoms. The van der Waals surface area contributed by atoms with E-state index in [9.17, 15) is 14.0 Å². The minimum absolute atomic E-state index is 0.0996. The maximum atomic E-state index is 13.6. The van der Waals surface area contributed by atoms with Gasteiger partial charge in [-0.1, -0.05) is 12.1 Å². The van der Waals surface area contributed by atoms with Gasteiger partial charge in [-0.3, -0.25) is 9.36 Å². The average Bonchev–Trinajstić information content (AvgIpc) is 2.58. The van der Waals surface area contributed by atoms with Crippen LogP contribution in [0.15, 0.2) is 52.1 Å². The van der Waals surface area contributed by atoms with Gasteiger partial charge in [0.1, 0.15) is 10.4 Å². The highest BCUT2D eigenvalue weighted by Crippen LogP contribution is 2.20. The van der Waals surface area contributed by atoms with Crippen LogP contribution in [0.5, 0.6) is 0 Å². The van der Waals surface area contributed by atoms with Crippen LogP contribution in [0.25, 0.3) is 11.0 Å². The van der Waals surface area contributed by atoms with Gasteiger partial charge in [0, 0.05) is 0 Å². The van der Waals surface area contributed by atoms with Crippen LogP contribution in [0.2, 0.25) is 0 Å². The van der Waals surface area contributed by atoms with E-state index in [1.165, 1.54) is 24.5 Å². The molecule has 0 amide bonds. The largest absolute Gasteiger partial charge is 0.464 e. The number of hydrogen-bond acceptors (Lipinski definition) is 5. The van der Waals surface area contributed by atoms with Crippen molar-refractivity contribution in [3.8, 4) is 0 Å². The minimum atomic E-state index is -1.15. The number of halogens is 2. The second-order valence-electron chi connectivity index (χ2n) is 5.17. The summed E-state index contributed by atoms with van der Waals surface area (Å²) in [6.07, 6.45) is 1.24. The van der Waals surface area contributed by atoms with Crippen LogP contribution in [-0.2, 0) is 9.53 Å². The van der Waals surface area contributed by atoms with E-state index >= 15 is 0 Å². The van der Waals surface area contributed by atoms with Crippen molar-refractivity contribution in [2.75, 3.05) is 6.61 Å². The number of pyridine rings is 1. The Kier molecular flexibility index (Phi) is 4.89. The van der Waals surface area contributed by atoms with Gasteiger partial charge in [0.2, 0.25) is 0 Å². The molecule has 3 aromatic rings. The number of carbonyl (C=O) groups excluding carboxylic acids is 1. The predicted octanol–water partition coefficient (Wildman–Crippen LogP) is 2.85. The number of esters is 1. The summed E-state index contributed by atoms with van der Waals surface area (Å²) in [4.78, 5) is 33.6. The van der Waals surface area contributed by atoms with Crippen molar-refractivity contribution >= 4 is 32.9 Å². The van der Waals surface area contributed by atoms with E-state index in [0.717, 1.165) is 4.57 Å². The molecule has 0 saturated carbocycles. The Bertz CT molecular complexity index is 1010. The van der Waals surface area contributed by atoms with E-state index in [0.29, 0.717) is 10.1 Å². The first kappa shape index (κ1) is 17.2. The summed E-state index contributed by atoms with van der Waals surface area (Å²) in [5, 5.41) is 0. The molecule has 2 heterocycles. The van der Waals surface area contributed by atoms with Gasteiger partial charge in [0.05, 0.1) is 18.5 Å². The molecule has 3 rings (SSSR count). The Balaban J connectivity index is 2.23. The van der Waals surface area contributed by atoms with Crippen LogP contribution in [-0.4, -0.2) is 27.1 Å². The minimum Gasteiger partial charge on any atom is -0.464 e. The second kappa shape index (κ2) is 7.10. The molecule has 1 unspecified atom stereocenters. The summed E-state index contributed by atoms with van der Waals surface area (Å²) in [5.41, 5.74) is 0.263. The normalized spacial score (nSPS) is 12.1. The molecule has 0 fully saturated rings. The van der Waals surface area contributed by atoms with E-state index in [-0.39, 0.29) is 17.7 Å². The first-order chi connectivity index (χ1) is 12.0. The summed E-state index contributed by atoms with van der Waals surface area (Å²) in [7, 11) is 0. The zero-order chi connectivity index (χ0) is 18.0. The first-order valence-corrected chi connectivity index (χ1v) is 8.26. The molecule has 128 valence electrons. The topological polar surface area (TPSA) is 74.1 Å². The van der Waals surface area contributed by atoms with Crippen molar-refractivity contribution in [3.05, 3.63) is 69.1 Å². The van der Waals surface area contributed by atoms with Crippen molar-refractivity contribution < 1.29 is 13.9 Å². The third-order valence-corrected chi connectivity index (χ3v) is 3.99. The fourth-order valence-electron chi connectivity index (χ4n) is 2.48. The molecular weight excluding hydrogens is 393 g/mol. The SMILES string of the molecule is CCOC(=O)C(c1cccc(F)c1)n1cnc2ccc(Br)nc2c1=O. The Labute approximate surface area is 150 Å². The van der Waals surface area contributed by atoms with Crippen LogP contribution in [0, 0.1) is 5.82 Å². The third-order valence-electron chi connectivity index (χ3n) is 3.55. The molecule has 6 nitrogen and oxygen atoms in total. The van der Waals surface area contributed by atoms with Crippen molar-refractivity contribution in [2.24, 2.45) is 0 Å². The van der Waals surface area contributed by atoms with E-state index < -0.39 is 23.4 Å². The lowest BCUT2D eigenvalue weighted by Gasteiger charge is -2.18. The number of fused-ring (bicyclic) bond motifs is 1. The van der Waals surface area contributed by atoms with Gasteiger partial charge in [0.15, 0.2) is 11.6 Å². The molecular formula is C17H13BrFN3O3. The highest BCUT2D eigenvalue weighted by Gasteiger charge is 2.26. The molecule has 2 aromatic heterocycles. The monoisotopic (exact) mass is 405 g/mol. The Hall–Kier alpha value is -2.61. The van der Waals surface area contributed by atoms with Crippen molar-refractivity contribution in [1.82, 2.24) is 14.5 Å². The van der Waals surface area contributed by atoms with E-state index in [1.807, 2.05) is 0 Å². The number of aromatic nitrogens is 3. The Morgan fingerprint density at radius 2 is 2.16 bits per heavy atom. The number of nitrogens with zero attached hydrogens (tertiary/aromatic N) is 3. The summed E-state index contributed by atoms with van der Waals surface area (Å²) >= 11 is 3.21. The third kappa shape index (κ3) is 3.43. The molecule has 1 atom stereocenters. The van der Waals surface area contributed by atoms with Gasteiger partial charge in [0.25, 0.3) is 5.56 Å². The molecule has 1 aromatic carbocycles. The lowest BCUT2D eigenvalue weighted by atomic mass is 10.1. The molecule has 0 saturated heterocycles. The van der Waals surface area contributed by atoms with Gasteiger partial charge in [-0.2, -0.15) is 0 Å². The Morgan fingerprint density at radius 1 is 1.36 bits per heavy atom. The summed E-state index contributed by atoms with van der Waals surface area (Å²) < 4.78 is 20.3. The predicted molar refractivity (Wildman–Crippen MR) is 92.7 cm³/mol. The van der Waals surface area contributed by atoms with Gasteiger partial charge >= 0.3 is 5.97 Å². The number of rotatable bonds is 4. The van der Waals surface area contributed by atoms with Crippen molar-refractivity contribution in [1.29, 1.82) is 0 Å². The summed E-state index contributed by atoms with van der Waals surface area (Å²) in [6, 6.07) is 7.61. The number of carbonyl (C=O) groups is 1. The standard InChI is InChI=1S/C17H13BrFN3O3/c1-2-25-17(24)15(10-4-3-5-11(19)8-10)22-9-20-12-6-7-13(18)21-14(12)16(22)23/h3-9,15H,2H2,1H3. The molecule has 8 heteroatoms. The lowest BCUT2D eigenvalue weighted by Crippen LogP contribution is -2.32. The molecule has 0 bridgehead atoms. The maximum absolute atomic E-state index is 13.6. The molecule has 0 aliphatic carbocycles. The van der Waals surface area contributed by atoms with Gasteiger partial charge < -0.3 is 4.74 Å². The van der Waals surface area contributed by atoms with Crippen LogP contribution in [0.4, 0.5) is 4.39 Å². The molecule has 0 aliphatic heterocycles. The van der Waals surface area contributed by atoms with E-state index in [2.05, 4.69) is 25.9 Å².